The Morgan fingerprint density at radius 3 is 2.29 bits per heavy atom. The summed E-state index contributed by atoms with van der Waals surface area (Å²) in [6.45, 7) is 6.08. The molecule has 0 aromatic heterocycles. The fourth-order valence-corrected chi connectivity index (χ4v) is 4.07. The lowest BCUT2D eigenvalue weighted by Gasteiger charge is -2.36. The molecule has 3 rings (SSSR count). The van der Waals surface area contributed by atoms with Crippen LogP contribution in [-0.2, 0) is 6.54 Å². The highest BCUT2D eigenvalue weighted by Gasteiger charge is 2.31. The molecule has 4 nitrogen and oxygen atoms in total. The van der Waals surface area contributed by atoms with Crippen molar-refractivity contribution in [3.05, 3.63) is 35.4 Å². The van der Waals surface area contributed by atoms with Gasteiger partial charge in [0.25, 0.3) is 0 Å². The summed E-state index contributed by atoms with van der Waals surface area (Å²) in [7, 11) is 0. The molecule has 2 fully saturated rings. The second kappa shape index (κ2) is 8.11. The quantitative estimate of drug-likeness (QED) is 0.924. The zero-order chi connectivity index (χ0) is 16.8. The first kappa shape index (κ1) is 17.4. The van der Waals surface area contributed by atoms with E-state index in [2.05, 4.69) is 28.0 Å². The molecule has 1 saturated heterocycles. The monoisotopic (exact) mass is 327 g/mol. The molecular formula is C20H29N3O. The van der Waals surface area contributed by atoms with Crippen LogP contribution in [0.3, 0.4) is 0 Å². The smallest absolute Gasteiger partial charge is 0.0991 e. The summed E-state index contributed by atoms with van der Waals surface area (Å²) in [6, 6.07) is 10.1. The molecule has 1 aromatic carbocycles. The predicted octanol–water partition coefficient (Wildman–Crippen LogP) is 2.76. The number of benzene rings is 1. The van der Waals surface area contributed by atoms with E-state index in [1.807, 2.05) is 12.1 Å². The molecule has 130 valence electrons. The van der Waals surface area contributed by atoms with Crippen LogP contribution in [0.1, 0.15) is 49.7 Å². The zero-order valence-corrected chi connectivity index (χ0v) is 14.6. The highest BCUT2D eigenvalue weighted by Crippen LogP contribution is 2.29. The number of hydrogen-bond donors (Lipinski definition) is 1. The van der Waals surface area contributed by atoms with Crippen LogP contribution in [0.4, 0.5) is 0 Å². The van der Waals surface area contributed by atoms with Gasteiger partial charge in [0.15, 0.2) is 0 Å². The predicted molar refractivity (Wildman–Crippen MR) is 95.5 cm³/mol. The van der Waals surface area contributed by atoms with E-state index in [9.17, 15) is 5.11 Å². The fourth-order valence-electron chi connectivity index (χ4n) is 4.07. The normalized spacial score (nSPS) is 22.7. The van der Waals surface area contributed by atoms with E-state index in [-0.39, 0.29) is 0 Å². The molecule has 4 heteroatoms. The summed E-state index contributed by atoms with van der Waals surface area (Å²) in [6.07, 6.45) is 6.73. The summed E-state index contributed by atoms with van der Waals surface area (Å²) in [5.74, 6) is 0. The third-order valence-corrected chi connectivity index (χ3v) is 5.47. The zero-order valence-electron chi connectivity index (χ0n) is 14.6. The minimum atomic E-state index is -0.444. The van der Waals surface area contributed by atoms with Crippen LogP contribution in [0.25, 0.3) is 0 Å². The standard InChI is InChI=1S/C20H29N3O/c21-15-18-5-7-19(8-6-18)16-22-11-4-12-23(14-13-22)17-20(24)9-2-1-3-10-20/h5-8,24H,1-4,9-14,16-17H2. The fraction of sp³-hybridized carbons (Fsp3) is 0.650. The van der Waals surface area contributed by atoms with E-state index >= 15 is 0 Å². The van der Waals surface area contributed by atoms with E-state index in [4.69, 9.17) is 5.26 Å². The van der Waals surface area contributed by atoms with Crippen LogP contribution in [0.15, 0.2) is 24.3 Å². The van der Waals surface area contributed by atoms with Gasteiger partial charge in [-0.25, -0.2) is 0 Å². The Balaban J connectivity index is 1.50. The SMILES string of the molecule is N#Cc1ccc(CN2CCCN(CC3(O)CCCCC3)CC2)cc1. The molecular weight excluding hydrogens is 298 g/mol. The third kappa shape index (κ3) is 4.80. The Morgan fingerprint density at radius 2 is 1.58 bits per heavy atom. The van der Waals surface area contributed by atoms with Gasteiger partial charge in [-0.3, -0.25) is 9.80 Å². The largest absolute Gasteiger partial charge is 0.389 e. The van der Waals surface area contributed by atoms with Crippen molar-refractivity contribution in [3.8, 4) is 6.07 Å². The highest BCUT2D eigenvalue weighted by molar-refractivity contribution is 5.31. The number of hydrogen-bond acceptors (Lipinski definition) is 4. The van der Waals surface area contributed by atoms with Gasteiger partial charge in [0.1, 0.15) is 0 Å². The summed E-state index contributed by atoms with van der Waals surface area (Å²) >= 11 is 0. The van der Waals surface area contributed by atoms with Gasteiger partial charge < -0.3 is 5.11 Å². The van der Waals surface area contributed by atoms with Crippen LogP contribution < -0.4 is 0 Å². The molecule has 1 heterocycles. The maximum Gasteiger partial charge on any atom is 0.0991 e. The second-order valence-corrected chi connectivity index (χ2v) is 7.50. The lowest BCUT2D eigenvalue weighted by atomic mass is 9.84. The van der Waals surface area contributed by atoms with Gasteiger partial charge in [0, 0.05) is 26.2 Å². The van der Waals surface area contributed by atoms with Gasteiger partial charge in [-0.15, -0.1) is 0 Å². The molecule has 0 atom stereocenters. The molecule has 1 aliphatic carbocycles. The van der Waals surface area contributed by atoms with Crippen molar-refractivity contribution in [1.82, 2.24) is 9.80 Å². The van der Waals surface area contributed by atoms with Gasteiger partial charge in [0.2, 0.25) is 0 Å². The minimum Gasteiger partial charge on any atom is -0.389 e. The average molecular weight is 327 g/mol. The van der Waals surface area contributed by atoms with E-state index < -0.39 is 5.60 Å². The maximum absolute atomic E-state index is 10.8. The lowest BCUT2D eigenvalue weighted by Crippen LogP contribution is -2.45. The van der Waals surface area contributed by atoms with Crippen molar-refractivity contribution < 1.29 is 5.11 Å². The summed E-state index contributed by atoms with van der Waals surface area (Å²) < 4.78 is 0. The number of nitrogens with zero attached hydrogens (tertiary/aromatic N) is 3. The molecule has 24 heavy (non-hydrogen) atoms. The van der Waals surface area contributed by atoms with Crippen LogP contribution in [0.5, 0.6) is 0 Å². The van der Waals surface area contributed by atoms with Gasteiger partial charge in [-0.1, -0.05) is 31.4 Å². The van der Waals surface area contributed by atoms with Crippen LogP contribution >= 0.6 is 0 Å². The molecule has 1 saturated carbocycles. The number of aliphatic hydroxyl groups is 1. The number of rotatable bonds is 4. The van der Waals surface area contributed by atoms with Crippen LogP contribution in [-0.4, -0.2) is 53.2 Å². The molecule has 1 N–H and O–H groups in total. The van der Waals surface area contributed by atoms with E-state index in [1.165, 1.54) is 24.8 Å². The number of β-amino-alcohol motifs (C(OH)–C–C–N with tert-alkyl or cyclic N) is 1. The van der Waals surface area contributed by atoms with Crippen LogP contribution in [0.2, 0.25) is 0 Å². The van der Waals surface area contributed by atoms with Gasteiger partial charge in [-0.05, 0) is 50.0 Å². The van der Waals surface area contributed by atoms with Crippen molar-refractivity contribution in [2.45, 2.75) is 50.7 Å². The van der Waals surface area contributed by atoms with E-state index in [1.54, 1.807) is 0 Å². The Labute approximate surface area is 145 Å². The molecule has 0 radical (unpaired) electrons. The Hall–Kier alpha value is -1.41. The van der Waals surface area contributed by atoms with Crippen LogP contribution in [0, 0.1) is 11.3 Å². The maximum atomic E-state index is 10.8. The summed E-state index contributed by atoms with van der Waals surface area (Å²) in [5, 5.41) is 19.7. The highest BCUT2D eigenvalue weighted by atomic mass is 16.3. The summed E-state index contributed by atoms with van der Waals surface area (Å²) in [4.78, 5) is 4.95. The second-order valence-electron chi connectivity index (χ2n) is 7.50. The van der Waals surface area contributed by atoms with Crippen molar-refractivity contribution >= 4 is 0 Å². The average Bonchev–Trinajstić information content (AvgIpc) is 2.81. The molecule has 0 spiro atoms. The third-order valence-electron chi connectivity index (χ3n) is 5.47. The first-order valence-corrected chi connectivity index (χ1v) is 9.33. The van der Waals surface area contributed by atoms with Gasteiger partial charge in [0.05, 0.1) is 17.2 Å². The van der Waals surface area contributed by atoms with E-state index in [0.717, 1.165) is 64.1 Å². The molecule has 0 amide bonds. The molecule has 1 aliphatic heterocycles. The first-order chi connectivity index (χ1) is 11.7. The van der Waals surface area contributed by atoms with Gasteiger partial charge in [-0.2, -0.15) is 5.26 Å². The topological polar surface area (TPSA) is 50.5 Å². The lowest BCUT2D eigenvalue weighted by molar-refractivity contribution is -0.0253. The van der Waals surface area contributed by atoms with Crippen molar-refractivity contribution in [3.63, 3.8) is 0 Å². The first-order valence-electron chi connectivity index (χ1n) is 9.33. The molecule has 1 aromatic rings. The van der Waals surface area contributed by atoms with Crippen molar-refractivity contribution in [2.75, 3.05) is 32.7 Å². The molecule has 2 aliphatic rings. The Kier molecular flexibility index (Phi) is 5.89. The Bertz CT molecular complexity index is 557. The molecule has 0 unspecified atom stereocenters. The van der Waals surface area contributed by atoms with Gasteiger partial charge >= 0.3 is 0 Å². The van der Waals surface area contributed by atoms with Crippen molar-refractivity contribution in [2.24, 2.45) is 0 Å². The molecule has 0 bridgehead atoms. The van der Waals surface area contributed by atoms with E-state index in [0.29, 0.717) is 0 Å². The minimum absolute atomic E-state index is 0.444. The summed E-state index contributed by atoms with van der Waals surface area (Å²) in [5.41, 5.74) is 1.55. The Morgan fingerprint density at radius 1 is 0.917 bits per heavy atom. The number of nitriles is 1. The van der Waals surface area contributed by atoms with Crippen molar-refractivity contribution in [1.29, 1.82) is 5.26 Å².